The molecule has 1 aliphatic heterocycles. The Balaban J connectivity index is 1.99. The lowest BCUT2D eigenvalue weighted by molar-refractivity contribution is 0.0900. The minimum atomic E-state index is -3.99. The zero-order chi connectivity index (χ0) is 14.8. The Labute approximate surface area is 117 Å². The summed E-state index contributed by atoms with van der Waals surface area (Å²) in [6.45, 7) is 2.65. The van der Waals surface area contributed by atoms with Crippen LogP contribution in [0.2, 0.25) is 0 Å². The van der Waals surface area contributed by atoms with Crippen LogP contribution >= 0.6 is 0 Å². The van der Waals surface area contributed by atoms with Crippen LogP contribution in [0.1, 0.15) is 35.4 Å². The number of primary sulfonamides is 1. The summed E-state index contributed by atoms with van der Waals surface area (Å²) >= 11 is 0. The van der Waals surface area contributed by atoms with E-state index >= 15 is 0 Å². The van der Waals surface area contributed by atoms with Crippen molar-refractivity contribution in [3.8, 4) is 0 Å². The van der Waals surface area contributed by atoms with Gasteiger partial charge in [0.25, 0.3) is 5.91 Å². The van der Waals surface area contributed by atoms with Crippen molar-refractivity contribution in [1.82, 2.24) is 15.5 Å². The molecule has 0 aromatic carbocycles. The minimum Gasteiger partial charge on any atom is -0.378 e. The molecular weight excluding hydrogens is 284 g/mol. The number of nitrogens with one attached hydrogen (secondary N) is 2. The van der Waals surface area contributed by atoms with Gasteiger partial charge < -0.3 is 10.1 Å². The summed E-state index contributed by atoms with van der Waals surface area (Å²) in [5, 5.41) is 13.9. The second-order valence-corrected chi connectivity index (χ2v) is 6.25. The highest BCUT2D eigenvalue weighted by atomic mass is 32.2. The monoisotopic (exact) mass is 302 g/mol. The summed E-state index contributed by atoms with van der Waals surface area (Å²) in [5.41, 5.74) is 0.0501. The van der Waals surface area contributed by atoms with Crippen LogP contribution in [0.5, 0.6) is 0 Å². The fourth-order valence-electron chi connectivity index (χ4n) is 2.22. The molecule has 1 saturated heterocycles. The van der Waals surface area contributed by atoms with Gasteiger partial charge in [-0.25, -0.2) is 13.6 Å². The summed E-state index contributed by atoms with van der Waals surface area (Å²) in [7, 11) is -3.99. The number of aromatic amines is 1. The lowest BCUT2D eigenvalue weighted by atomic mass is 10.2. The number of H-pyrrole nitrogens is 1. The van der Waals surface area contributed by atoms with E-state index in [1.54, 1.807) is 0 Å². The summed E-state index contributed by atoms with van der Waals surface area (Å²) in [6.07, 6.45) is 2.88. The Bertz CT molecular complexity index is 590. The first kappa shape index (κ1) is 14.9. The first-order chi connectivity index (χ1) is 9.39. The molecule has 1 amide bonds. The lowest BCUT2D eigenvalue weighted by Crippen LogP contribution is -2.29. The third-order valence-corrected chi connectivity index (χ3v) is 4.24. The van der Waals surface area contributed by atoms with Crippen molar-refractivity contribution in [3.63, 3.8) is 0 Å². The SMILES string of the molecule is Cc1[nH]nc(C(=O)NCCC2CCCO2)c1S(N)(=O)=O. The number of amides is 1. The van der Waals surface area contributed by atoms with Gasteiger partial charge in [-0.05, 0) is 26.2 Å². The van der Waals surface area contributed by atoms with Crippen LogP contribution in [0.4, 0.5) is 0 Å². The lowest BCUT2D eigenvalue weighted by Gasteiger charge is -2.09. The van der Waals surface area contributed by atoms with Crippen LogP contribution in [-0.2, 0) is 14.8 Å². The van der Waals surface area contributed by atoms with E-state index in [2.05, 4.69) is 15.5 Å². The maximum absolute atomic E-state index is 11.9. The summed E-state index contributed by atoms with van der Waals surface area (Å²) in [6, 6.07) is 0. The Kier molecular flexibility index (Phi) is 4.41. The fraction of sp³-hybridized carbons (Fsp3) is 0.636. The van der Waals surface area contributed by atoms with Crippen LogP contribution in [0.15, 0.2) is 4.90 Å². The predicted molar refractivity (Wildman–Crippen MR) is 70.6 cm³/mol. The number of aryl methyl sites for hydroxylation is 1. The van der Waals surface area contributed by atoms with Crippen molar-refractivity contribution in [3.05, 3.63) is 11.4 Å². The van der Waals surface area contributed by atoms with Gasteiger partial charge >= 0.3 is 0 Å². The van der Waals surface area contributed by atoms with E-state index in [9.17, 15) is 13.2 Å². The van der Waals surface area contributed by atoms with Crippen LogP contribution < -0.4 is 10.5 Å². The van der Waals surface area contributed by atoms with Gasteiger partial charge in [-0.3, -0.25) is 9.89 Å². The molecule has 8 nitrogen and oxygen atoms in total. The molecule has 112 valence electrons. The van der Waals surface area contributed by atoms with Gasteiger partial charge in [0.15, 0.2) is 5.69 Å². The molecule has 0 radical (unpaired) electrons. The summed E-state index contributed by atoms with van der Waals surface area (Å²) in [4.78, 5) is 11.7. The third kappa shape index (κ3) is 3.35. The van der Waals surface area contributed by atoms with Crippen molar-refractivity contribution in [2.24, 2.45) is 5.14 Å². The van der Waals surface area contributed by atoms with Gasteiger partial charge in [0.1, 0.15) is 4.90 Å². The third-order valence-electron chi connectivity index (χ3n) is 3.17. The zero-order valence-corrected chi connectivity index (χ0v) is 12.0. The minimum absolute atomic E-state index is 0.161. The van der Waals surface area contributed by atoms with Crippen molar-refractivity contribution in [2.75, 3.05) is 13.2 Å². The maximum Gasteiger partial charge on any atom is 0.273 e. The number of carbonyl (C=O) groups is 1. The molecule has 2 heterocycles. The van der Waals surface area contributed by atoms with Gasteiger partial charge in [0, 0.05) is 13.2 Å². The first-order valence-electron chi connectivity index (χ1n) is 6.37. The second-order valence-electron chi connectivity index (χ2n) is 4.75. The molecule has 2 rings (SSSR count). The molecule has 4 N–H and O–H groups in total. The van der Waals surface area contributed by atoms with E-state index in [0.717, 1.165) is 19.4 Å². The summed E-state index contributed by atoms with van der Waals surface area (Å²) < 4.78 is 28.3. The van der Waals surface area contributed by atoms with Crippen LogP contribution in [0, 0.1) is 6.92 Å². The number of nitrogens with two attached hydrogens (primary N) is 1. The van der Waals surface area contributed by atoms with E-state index in [-0.39, 0.29) is 22.4 Å². The molecule has 0 aliphatic carbocycles. The largest absolute Gasteiger partial charge is 0.378 e. The normalized spacial score (nSPS) is 19.2. The number of carbonyl (C=O) groups excluding carboxylic acids is 1. The van der Waals surface area contributed by atoms with E-state index in [1.807, 2.05) is 0 Å². The van der Waals surface area contributed by atoms with Crippen molar-refractivity contribution < 1.29 is 17.9 Å². The van der Waals surface area contributed by atoms with Crippen LogP contribution in [0.25, 0.3) is 0 Å². The molecule has 0 bridgehead atoms. The fourth-order valence-corrected chi connectivity index (χ4v) is 3.10. The number of hydrogen-bond acceptors (Lipinski definition) is 5. The Morgan fingerprint density at radius 3 is 2.95 bits per heavy atom. The number of rotatable bonds is 5. The molecule has 1 aromatic rings. The van der Waals surface area contributed by atoms with Crippen LogP contribution in [0.3, 0.4) is 0 Å². The Hall–Kier alpha value is -1.45. The van der Waals surface area contributed by atoms with Gasteiger partial charge in [-0.1, -0.05) is 0 Å². The zero-order valence-electron chi connectivity index (χ0n) is 11.2. The van der Waals surface area contributed by atoms with Gasteiger partial charge in [0.2, 0.25) is 10.0 Å². The quantitative estimate of drug-likeness (QED) is 0.686. The van der Waals surface area contributed by atoms with Gasteiger partial charge in [-0.2, -0.15) is 5.10 Å². The molecular formula is C11H18N4O4S. The molecule has 9 heteroatoms. The van der Waals surface area contributed by atoms with E-state index < -0.39 is 15.9 Å². The van der Waals surface area contributed by atoms with Gasteiger partial charge in [-0.15, -0.1) is 0 Å². The van der Waals surface area contributed by atoms with Crippen molar-refractivity contribution in [2.45, 2.75) is 37.2 Å². The van der Waals surface area contributed by atoms with E-state index in [0.29, 0.717) is 13.0 Å². The maximum atomic E-state index is 11.9. The average Bonchev–Trinajstić information content (AvgIpc) is 2.97. The molecule has 1 aliphatic rings. The van der Waals surface area contributed by atoms with Crippen LogP contribution in [-0.4, -0.2) is 43.8 Å². The first-order valence-corrected chi connectivity index (χ1v) is 7.92. The predicted octanol–water partition coefficient (Wildman–Crippen LogP) is -0.336. The molecule has 0 saturated carbocycles. The second kappa shape index (κ2) is 5.90. The molecule has 1 atom stereocenters. The Morgan fingerprint density at radius 1 is 1.60 bits per heavy atom. The van der Waals surface area contributed by atoms with E-state index in [4.69, 9.17) is 9.88 Å². The number of sulfonamides is 1. The highest BCUT2D eigenvalue weighted by molar-refractivity contribution is 7.89. The number of hydrogen-bond donors (Lipinski definition) is 3. The number of aromatic nitrogens is 2. The highest BCUT2D eigenvalue weighted by Gasteiger charge is 2.25. The summed E-state index contributed by atoms with van der Waals surface area (Å²) in [5.74, 6) is -0.559. The molecule has 1 fully saturated rings. The number of nitrogens with zero attached hydrogens (tertiary/aromatic N) is 1. The molecule has 20 heavy (non-hydrogen) atoms. The Morgan fingerprint density at radius 2 is 2.35 bits per heavy atom. The van der Waals surface area contributed by atoms with Crippen molar-refractivity contribution in [1.29, 1.82) is 0 Å². The number of ether oxygens (including phenoxy) is 1. The average molecular weight is 302 g/mol. The van der Waals surface area contributed by atoms with E-state index in [1.165, 1.54) is 6.92 Å². The van der Waals surface area contributed by atoms with Gasteiger partial charge in [0.05, 0.1) is 11.8 Å². The topological polar surface area (TPSA) is 127 Å². The molecule has 1 aromatic heterocycles. The standard InChI is InChI=1S/C11H18N4O4S/c1-7-10(20(12,17)18)9(15-14-7)11(16)13-5-4-8-3-2-6-19-8/h8H,2-6H2,1H3,(H,13,16)(H,14,15)(H2,12,17,18). The highest BCUT2D eigenvalue weighted by Crippen LogP contribution is 2.16. The molecule has 0 spiro atoms. The molecule has 1 unspecified atom stereocenters. The van der Waals surface area contributed by atoms with Crippen molar-refractivity contribution >= 4 is 15.9 Å². The smallest absolute Gasteiger partial charge is 0.273 e.